The van der Waals surface area contributed by atoms with Crippen LogP contribution in [0.25, 0.3) is 26.9 Å². The van der Waals surface area contributed by atoms with Gasteiger partial charge in [0.2, 0.25) is 0 Å². The van der Waals surface area contributed by atoms with Gasteiger partial charge in [-0.25, -0.2) is 9.67 Å². The molecule has 19 heavy (non-hydrogen) atoms. The number of nitrogens with two attached hydrogens (primary N) is 1. The zero-order valence-electron chi connectivity index (χ0n) is 9.82. The van der Waals surface area contributed by atoms with Crippen molar-refractivity contribution in [2.24, 2.45) is 0 Å². The molecule has 6 heteroatoms. The molecule has 4 rings (SSSR count). The monoisotopic (exact) mass is 267 g/mol. The van der Waals surface area contributed by atoms with Crippen molar-refractivity contribution in [1.82, 2.24) is 20.0 Å². The summed E-state index contributed by atoms with van der Waals surface area (Å²) in [7, 11) is 0. The quantitative estimate of drug-likeness (QED) is 0.538. The van der Waals surface area contributed by atoms with Crippen LogP contribution in [0.1, 0.15) is 0 Å². The van der Waals surface area contributed by atoms with Gasteiger partial charge in [0.05, 0.1) is 27.1 Å². The zero-order valence-corrected chi connectivity index (χ0v) is 10.6. The maximum atomic E-state index is 6.20. The molecule has 0 aliphatic rings. The summed E-state index contributed by atoms with van der Waals surface area (Å²) in [6.07, 6.45) is 0. The number of hydrogen-bond acceptors (Lipinski definition) is 5. The molecule has 0 spiro atoms. The normalized spacial score (nSPS) is 11.4. The number of benzene rings is 2. The first-order valence-corrected chi connectivity index (χ1v) is 6.65. The third kappa shape index (κ3) is 1.43. The van der Waals surface area contributed by atoms with E-state index in [9.17, 15) is 0 Å². The minimum Gasteiger partial charge on any atom is -0.395 e. The van der Waals surface area contributed by atoms with Gasteiger partial charge >= 0.3 is 0 Å². The van der Waals surface area contributed by atoms with Gasteiger partial charge in [-0.1, -0.05) is 17.3 Å². The van der Waals surface area contributed by atoms with Crippen LogP contribution in [0.2, 0.25) is 0 Å². The van der Waals surface area contributed by atoms with Crippen LogP contribution in [-0.2, 0) is 0 Å². The summed E-state index contributed by atoms with van der Waals surface area (Å²) in [5.41, 5.74) is 12.0. The van der Waals surface area contributed by atoms with Crippen molar-refractivity contribution in [3.63, 3.8) is 0 Å². The fraction of sp³-hybridized carbons (Fsp3) is 0. The van der Waals surface area contributed by atoms with E-state index in [4.69, 9.17) is 5.73 Å². The third-order valence-electron chi connectivity index (χ3n) is 3.10. The molecule has 0 aliphatic carbocycles. The first-order valence-electron chi connectivity index (χ1n) is 5.77. The second-order valence-corrected chi connectivity index (χ2v) is 5.07. The molecule has 0 saturated carbocycles. The fourth-order valence-corrected chi connectivity index (χ4v) is 2.87. The molecule has 2 N–H and O–H groups in total. The molecule has 2 heterocycles. The predicted molar refractivity (Wildman–Crippen MR) is 76.5 cm³/mol. The summed E-state index contributed by atoms with van der Waals surface area (Å²) in [6.45, 7) is 0. The van der Waals surface area contributed by atoms with Crippen LogP contribution in [0.15, 0.2) is 41.9 Å². The lowest BCUT2D eigenvalue weighted by Crippen LogP contribution is -2.02. The first kappa shape index (κ1) is 10.5. The van der Waals surface area contributed by atoms with Crippen LogP contribution < -0.4 is 5.73 Å². The van der Waals surface area contributed by atoms with E-state index in [1.165, 1.54) is 0 Å². The van der Waals surface area contributed by atoms with Crippen molar-refractivity contribution in [2.75, 3.05) is 5.73 Å². The van der Waals surface area contributed by atoms with E-state index in [0.29, 0.717) is 5.69 Å². The van der Waals surface area contributed by atoms with Gasteiger partial charge in [0, 0.05) is 0 Å². The number of hydrogen-bond donors (Lipinski definition) is 1. The van der Waals surface area contributed by atoms with Crippen molar-refractivity contribution in [3.8, 4) is 5.69 Å². The van der Waals surface area contributed by atoms with Crippen LogP contribution in [0.4, 0.5) is 5.69 Å². The van der Waals surface area contributed by atoms with E-state index >= 15 is 0 Å². The summed E-state index contributed by atoms with van der Waals surface area (Å²) in [5, 5.41) is 8.32. The van der Waals surface area contributed by atoms with E-state index < -0.39 is 0 Å². The van der Waals surface area contributed by atoms with E-state index in [1.807, 2.05) is 36.4 Å². The molecule has 0 amide bonds. The largest absolute Gasteiger partial charge is 0.395 e. The second kappa shape index (κ2) is 3.76. The van der Waals surface area contributed by atoms with Crippen molar-refractivity contribution < 1.29 is 0 Å². The van der Waals surface area contributed by atoms with Crippen molar-refractivity contribution in [3.05, 3.63) is 41.9 Å². The number of rotatable bonds is 1. The minimum atomic E-state index is 0.634. The van der Waals surface area contributed by atoms with Gasteiger partial charge in [0.25, 0.3) is 0 Å². The Morgan fingerprint density at radius 1 is 1.11 bits per heavy atom. The van der Waals surface area contributed by atoms with Crippen LogP contribution in [-0.4, -0.2) is 20.0 Å². The Balaban J connectivity index is 2.06. The van der Waals surface area contributed by atoms with E-state index in [0.717, 1.165) is 26.9 Å². The second-order valence-electron chi connectivity index (χ2n) is 4.19. The van der Waals surface area contributed by atoms with Crippen LogP contribution in [0.3, 0.4) is 0 Å². The van der Waals surface area contributed by atoms with Gasteiger partial charge in [-0.3, -0.25) is 0 Å². The third-order valence-corrected chi connectivity index (χ3v) is 3.89. The standard InChI is InChI=1S/C13H9N5S/c14-12-10(5-6-11-13(12)15-7-19-11)18-9-4-2-1-3-8(9)16-17-18/h1-7H,14H2. The van der Waals surface area contributed by atoms with Crippen LogP contribution >= 0.6 is 11.3 Å². The highest BCUT2D eigenvalue weighted by Crippen LogP contribution is 2.29. The average molecular weight is 267 g/mol. The number of fused-ring (bicyclic) bond motifs is 2. The van der Waals surface area contributed by atoms with Gasteiger partial charge < -0.3 is 5.73 Å². The molecule has 0 saturated heterocycles. The Morgan fingerprint density at radius 2 is 2.00 bits per heavy atom. The van der Waals surface area contributed by atoms with Gasteiger partial charge in [-0.05, 0) is 24.3 Å². The van der Waals surface area contributed by atoms with Crippen molar-refractivity contribution in [1.29, 1.82) is 0 Å². The first-order chi connectivity index (χ1) is 9.34. The molecule has 0 bridgehead atoms. The average Bonchev–Trinajstić information content (AvgIpc) is 3.06. The Labute approximate surface area is 112 Å². The van der Waals surface area contributed by atoms with Crippen LogP contribution in [0, 0.1) is 0 Å². The van der Waals surface area contributed by atoms with E-state index in [1.54, 1.807) is 21.5 Å². The fourth-order valence-electron chi connectivity index (χ4n) is 2.17. The molecule has 0 fully saturated rings. The molecule has 0 unspecified atom stereocenters. The molecule has 5 nitrogen and oxygen atoms in total. The highest BCUT2D eigenvalue weighted by Gasteiger charge is 2.12. The molecular weight excluding hydrogens is 258 g/mol. The topological polar surface area (TPSA) is 69.6 Å². The van der Waals surface area contributed by atoms with E-state index in [2.05, 4.69) is 15.3 Å². The summed E-state index contributed by atoms with van der Waals surface area (Å²) < 4.78 is 2.83. The number of nitrogen functional groups attached to an aromatic ring is 1. The Morgan fingerprint density at radius 3 is 2.95 bits per heavy atom. The highest BCUT2D eigenvalue weighted by atomic mass is 32.1. The van der Waals surface area contributed by atoms with Gasteiger partial charge in [0.1, 0.15) is 11.0 Å². The van der Waals surface area contributed by atoms with Gasteiger partial charge in [0.15, 0.2) is 0 Å². The molecule has 92 valence electrons. The summed E-state index contributed by atoms with van der Waals surface area (Å²) in [5.74, 6) is 0. The molecule has 0 aliphatic heterocycles. The zero-order chi connectivity index (χ0) is 12.8. The Hall–Kier alpha value is -2.47. The summed E-state index contributed by atoms with van der Waals surface area (Å²) in [4.78, 5) is 4.30. The number of aromatic nitrogens is 4. The SMILES string of the molecule is Nc1c(-n2nnc3ccccc32)ccc2scnc12. The van der Waals surface area contributed by atoms with Crippen molar-refractivity contribution in [2.45, 2.75) is 0 Å². The smallest absolute Gasteiger partial charge is 0.113 e. The maximum Gasteiger partial charge on any atom is 0.113 e. The lowest BCUT2D eigenvalue weighted by Gasteiger charge is -2.06. The highest BCUT2D eigenvalue weighted by molar-refractivity contribution is 7.16. The maximum absolute atomic E-state index is 6.20. The van der Waals surface area contributed by atoms with Gasteiger partial charge in [-0.15, -0.1) is 16.4 Å². The number of para-hydroxylation sites is 1. The lowest BCUT2D eigenvalue weighted by atomic mass is 10.2. The molecule has 2 aromatic carbocycles. The Kier molecular flexibility index (Phi) is 2.07. The lowest BCUT2D eigenvalue weighted by molar-refractivity contribution is 0.826. The predicted octanol–water partition coefficient (Wildman–Crippen LogP) is 2.61. The molecule has 0 radical (unpaired) electrons. The molecule has 4 aromatic rings. The Bertz CT molecular complexity index is 892. The molecule has 2 aromatic heterocycles. The molecule has 0 atom stereocenters. The summed E-state index contributed by atoms with van der Waals surface area (Å²) in [6, 6.07) is 11.8. The number of nitrogens with zero attached hydrogens (tertiary/aromatic N) is 4. The minimum absolute atomic E-state index is 0.634. The van der Waals surface area contributed by atoms with Crippen molar-refractivity contribution >= 4 is 38.3 Å². The molecular formula is C13H9N5S. The van der Waals surface area contributed by atoms with Gasteiger partial charge in [-0.2, -0.15) is 0 Å². The number of thiazole rings is 1. The summed E-state index contributed by atoms with van der Waals surface area (Å²) >= 11 is 1.57. The van der Waals surface area contributed by atoms with E-state index in [-0.39, 0.29) is 0 Å². The van der Waals surface area contributed by atoms with Crippen LogP contribution in [0.5, 0.6) is 0 Å². The number of anilines is 1.